The van der Waals surface area contributed by atoms with Gasteiger partial charge in [-0.1, -0.05) is 27.2 Å². The molecule has 1 N–H and O–H groups in total. The molecule has 0 spiro atoms. The van der Waals surface area contributed by atoms with Gasteiger partial charge in [-0.15, -0.1) is 0 Å². The molecule has 1 saturated heterocycles. The Labute approximate surface area is 132 Å². The molecule has 1 saturated carbocycles. The molecule has 2 amide bonds. The maximum absolute atomic E-state index is 13.1. The number of nitrogens with zero attached hydrogens (tertiary/aromatic N) is 1. The Balaban J connectivity index is 2.39. The average molecular weight is 312 g/mol. The Bertz CT molecular complexity index is 427. The van der Waals surface area contributed by atoms with Crippen molar-refractivity contribution < 1.29 is 9.59 Å². The predicted octanol–water partition coefficient (Wildman–Crippen LogP) is 2.42. The lowest BCUT2D eigenvalue weighted by atomic mass is 9.87. The Hall–Kier alpha value is -0.710. The molecule has 4 unspecified atom stereocenters. The van der Waals surface area contributed by atoms with Gasteiger partial charge in [-0.25, -0.2) is 0 Å². The molecular weight excluding hydrogens is 284 g/mol. The fourth-order valence-corrected chi connectivity index (χ4v) is 4.64. The molecule has 0 radical (unpaired) electrons. The maximum atomic E-state index is 13.1. The number of carbonyl (C=O) groups excluding carboxylic acids is 2. The van der Waals surface area contributed by atoms with Crippen molar-refractivity contribution in [3.63, 3.8) is 0 Å². The van der Waals surface area contributed by atoms with E-state index in [1.807, 2.05) is 44.4 Å². The first kappa shape index (κ1) is 16.7. The highest BCUT2D eigenvalue weighted by Crippen LogP contribution is 2.37. The quantitative estimate of drug-likeness (QED) is 0.867. The van der Waals surface area contributed by atoms with Crippen molar-refractivity contribution >= 4 is 23.6 Å². The van der Waals surface area contributed by atoms with Crippen LogP contribution in [-0.4, -0.2) is 45.8 Å². The van der Waals surface area contributed by atoms with Crippen LogP contribution in [0.4, 0.5) is 0 Å². The van der Waals surface area contributed by atoms with Crippen LogP contribution in [0.15, 0.2) is 0 Å². The minimum Gasteiger partial charge on any atom is -0.340 e. The van der Waals surface area contributed by atoms with E-state index in [1.165, 1.54) is 0 Å². The highest BCUT2D eigenvalue weighted by molar-refractivity contribution is 7.99. The second-order valence-corrected chi connectivity index (χ2v) is 7.93. The smallest absolute Gasteiger partial charge is 0.249 e. The molecule has 4 nitrogen and oxygen atoms in total. The van der Waals surface area contributed by atoms with Crippen LogP contribution in [0.5, 0.6) is 0 Å². The number of amides is 2. The van der Waals surface area contributed by atoms with Gasteiger partial charge in [0.25, 0.3) is 0 Å². The summed E-state index contributed by atoms with van der Waals surface area (Å²) in [5.74, 6) is 0.258. The van der Waals surface area contributed by atoms with Gasteiger partial charge < -0.3 is 10.2 Å². The molecule has 2 fully saturated rings. The van der Waals surface area contributed by atoms with Crippen molar-refractivity contribution in [3.05, 3.63) is 0 Å². The van der Waals surface area contributed by atoms with E-state index in [1.54, 1.807) is 0 Å². The fourth-order valence-electron chi connectivity index (χ4n) is 3.66. The third kappa shape index (κ3) is 2.81. The summed E-state index contributed by atoms with van der Waals surface area (Å²) >= 11 is 1.83. The minimum absolute atomic E-state index is 0.0145. The van der Waals surface area contributed by atoms with Crippen LogP contribution >= 0.6 is 11.8 Å². The molecule has 2 aliphatic rings. The number of hydrogen-bond donors (Lipinski definition) is 1. The second kappa shape index (κ2) is 6.19. The van der Waals surface area contributed by atoms with Crippen LogP contribution in [0.1, 0.15) is 53.4 Å². The van der Waals surface area contributed by atoms with Crippen LogP contribution in [0.3, 0.4) is 0 Å². The molecule has 21 heavy (non-hydrogen) atoms. The summed E-state index contributed by atoms with van der Waals surface area (Å²) in [6, 6.07) is -0.119. The lowest BCUT2D eigenvalue weighted by Gasteiger charge is -2.49. The standard InChI is InChI=1S/C16H28N2O2S/c1-6-16(4)15(20)18(11-8-7-9-12(11)21-5)13(10(2)3)14(19)17-16/h10-13H,6-9H2,1-5H3,(H,17,19). The van der Waals surface area contributed by atoms with Crippen molar-refractivity contribution in [2.24, 2.45) is 5.92 Å². The van der Waals surface area contributed by atoms with Gasteiger partial charge in [0.1, 0.15) is 11.6 Å². The third-order valence-electron chi connectivity index (χ3n) is 5.09. The Morgan fingerprint density at radius 1 is 1.38 bits per heavy atom. The molecule has 0 aromatic carbocycles. The number of carbonyl (C=O) groups is 2. The van der Waals surface area contributed by atoms with Crippen molar-refractivity contribution in [3.8, 4) is 0 Å². The lowest BCUT2D eigenvalue weighted by Crippen LogP contribution is -2.72. The van der Waals surface area contributed by atoms with E-state index in [9.17, 15) is 9.59 Å². The van der Waals surface area contributed by atoms with Crippen LogP contribution in [0.2, 0.25) is 0 Å². The summed E-state index contributed by atoms with van der Waals surface area (Å²) in [5, 5.41) is 3.43. The van der Waals surface area contributed by atoms with E-state index >= 15 is 0 Å². The zero-order valence-corrected chi connectivity index (χ0v) is 14.6. The van der Waals surface area contributed by atoms with Gasteiger partial charge in [-0.3, -0.25) is 9.59 Å². The Kier molecular flexibility index (Phi) is 4.91. The van der Waals surface area contributed by atoms with E-state index in [2.05, 4.69) is 11.6 Å². The average Bonchev–Trinajstić information content (AvgIpc) is 2.90. The predicted molar refractivity (Wildman–Crippen MR) is 87.3 cm³/mol. The van der Waals surface area contributed by atoms with Gasteiger partial charge in [0.2, 0.25) is 11.8 Å². The van der Waals surface area contributed by atoms with Crippen LogP contribution in [0, 0.1) is 5.92 Å². The summed E-state index contributed by atoms with van der Waals surface area (Å²) in [5.41, 5.74) is -0.742. The molecule has 0 bridgehead atoms. The highest BCUT2D eigenvalue weighted by Gasteiger charge is 2.52. The van der Waals surface area contributed by atoms with Gasteiger partial charge in [0, 0.05) is 11.3 Å². The van der Waals surface area contributed by atoms with Gasteiger partial charge >= 0.3 is 0 Å². The molecule has 0 aromatic rings. The minimum atomic E-state index is -0.742. The van der Waals surface area contributed by atoms with Gasteiger partial charge in [0.15, 0.2) is 0 Å². The van der Waals surface area contributed by atoms with E-state index in [0.29, 0.717) is 11.7 Å². The van der Waals surface area contributed by atoms with Crippen molar-refractivity contribution in [2.75, 3.05) is 6.26 Å². The summed E-state index contributed by atoms with van der Waals surface area (Å²) in [7, 11) is 0. The molecule has 0 aromatic heterocycles. The maximum Gasteiger partial charge on any atom is 0.249 e. The van der Waals surface area contributed by atoms with Crippen molar-refractivity contribution in [1.29, 1.82) is 0 Å². The monoisotopic (exact) mass is 312 g/mol. The first-order chi connectivity index (χ1) is 9.85. The van der Waals surface area contributed by atoms with Gasteiger partial charge in [0.05, 0.1) is 0 Å². The van der Waals surface area contributed by atoms with E-state index < -0.39 is 5.54 Å². The zero-order chi connectivity index (χ0) is 15.8. The zero-order valence-electron chi connectivity index (χ0n) is 13.8. The molecule has 4 atom stereocenters. The van der Waals surface area contributed by atoms with Crippen molar-refractivity contribution in [2.45, 2.75) is 76.3 Å². The largest absolute Gasteiger partial charge is 0.340 e. The molecular formula is C16H28N2O2S. The first-order valence-corrected chi connectivity index (χ1v) is 9.32. The number of hydrogen-bond acceptors (Lipinski definition) is 3. The topological polar surface area (TPSA) is 49.4 Å². The molecule has 120 valence electrons. The summed E-state index contributed by atoms with van der Waals surface area (Å²) < 4.78 is 0. The number of nitrogens with one attached hydrogen (secondary N) is 1. The molecule has 1 aliphatic carbocycles. The first-order valence-electron chi connectivity index (χ1n) is 8.03. The molecule has 1 aliphatic heterocycles. The van der Waals surface area contributed by atoms with Crippen molar-refractivity contribution in [1.82, 2.24) is 10.2 Å². The highest BCUT2D eigenvalue weighted by atomic mass is 32.2. The van der Waals surface area contributed by atoms with E-state index in [-0.39, 0.29) is 29.8 Å². The molecule has 1 heterocycles. The van der Waals surface area contributed by atoms with Gasteiger partial charge in [-0.05, 0) is 38.4 Å². The number of piperazine rings is 1. The Morgan fingerprint density at radius 2 is 2.05 bits per heavy atom. The third-order valence-corrected chi connectivity index (χ3v) is 6.25. The number of thioether (sulfide) groups is 1. The van der Waals surface area contributed by atoms with Crippen LogP contribution < -0.4 is 5.32 Å². The fraction of sp³-hybridized carbons (Fsp3) is 0.875. The summed E-state index contributed by atoms with van der Waals surface area (Å²) in [6.07, 6.45) is 6.06. The Morgan fingerprint density at radius 3 is 2.57 bits per heavy atom. The number of rotatable bonds is 4. The van der Waals surface area contributed by atoms with E-state index in [0.717, 1.165) is 19.3 Å². The van der Waals surface area contributed by atoms with E-state index in [4.69, 9.17) is 0 Å². The molecule has 2 rings (SSSR count). The SMILES string of the molecule is CCC1(C)NC(=O)C(C(C)C)N(C2CCCC2SC)C1=O. The lowest BCUT2D eigenvalue weighted by molar-refractivity contribution is -0.159. The van der Waals surface area contributed by atoms with Crippen LogP contribution in [0.25, 0.3) is 0 Å². The second-order valence-electron chi connectivity index (χ2n) is 6.85. The van der Waals surface area contributed by atoms with Crippen LogP contribution in [-0.2, 0) is 9.59 Å². The normalized spacial score (nSPS) is 37.2. The summed E-state index contributed by atoms with van der Waals surface area (Å²) in [6.45, 7) is 7.89. The summed E-state index contributed by atoms with van der Waals surface area (Å²) in [4.78, 5) is 27.6. The van der Waals surface area contributed by atoms with Gasteiger partial charge in [-0.2, -0.15) is 11.8 Å². The molecule has 5 heteroatoms.